The summed E-state index contributed by atoms with van der Waals surface area (Å²) in [5.74, 6) is 1.06. The number of amides is 2. The molecule has 9 nitrogen and oxygen atoms in total. The number of benzene rings is 1. The van der Waals surface area contributed by atoms with Crippen molar-refractivity contribution in [2.24, 2.45) is 0 Å². The van der Waals surface area contributed by atoms with Gasteiger partial charge in [-0.25, -0.2) is 4.98 Å². The quantitative estimate of drug-likeness (QED) is 0.446. The maximum atomic E-state index is 11.9. The van der Waals surface area contributed by atoms with Crippen molar-refractivity contribution in [2.45, 2.75) is 19.0 Å². The lowest BCUT2D eigenvalue weighted by atomic mass is 10.1. The van der Waals surface area contributed by atoms with Crippen molar-refractivity contribution in [2.75, 3.05) is 32.6 Å². The van der Waals surface area contributed by atoms with Crippen molar-refractivity contribution in [3.63, 3.8) is 0 Å². The van der Waals surface area contributed by atoms with Gasteiger partial charge in [0, 0.05) is 54.8 Å². The minimum atomic E-state index is -0.299. The first kappa shape index (κ1) is 25.5. The molecule has 0 saturated carbocycles. The molecule has 2 N–H and O–H groups in total. The molecule has 1 fully saturated rings. The summed E-state index contributed by atoms with van der Waals surface area (Å²) >= 11 is 13.1. The zero-order chi connectivity index (χ0) is 26.0. The number of nitrogens with zero attached hydrogens (tertiary/aromatic N) is 3. The molecular weight excluding hydrogens is 505 g/mol. The second kappa shape index (κ2) is 10.6. The molecule has 188 valence electrons. The molecule has 0 bridgehead atoms. The molecule has 3 heterocycles. The Morgan fingerprint density at radius 2 is 1.64 bits per heavy atom. The Kier molecular flexibility index (Phi) is 7.51. The van der Waals surface area contributed by atoms with E-state index in [0.717, 1.165) is 10.8 Å². The van der Waals surface area contributed by atoms with Gasteiger partial charge in [0.25, 0.3) is 0 Å². The van der Waals surface area contributed by atoms with E-state index < -0.39 is 0 Å². The second-order valence-corrected chi connectivity index (χ2v) is 9.02. The van der Waals surface area contributed by atoms with Gasteiger partial charge in [-0.3, -0.25) is 14.6 Å². The van der Waals surface area contributed by atoms with Crippen LogP contribution in [-0.4, -0.2) is 66.1 Å². The maximum absolute atomic E-state index is 11.9. The van der Waals surface area contributed by atoms with Gasteiger partial charge in [0.2, 0.25) is 11.8 Å². The van der Waals surface area contributed by atoms with E-state index in [-0.39, 0.29) is 23.9 Å². The number of fused-ring (bicyclic) bond motifs is 1. The van der Waals surface area contributed by atoms with Crippen LogP contribution in [0.25, 0.3) is 22.0 Å². The van der Waals surface area contributed by atoms with Gasteiger partial charge in [-0.15, -0.1) is 0 Å². The lowest BCUT2D eigenvalue weighted by molar-refractivity contribution is -0.128. The predicted octanol–water partition coefficient (Wildman–Crippen LogP) is 3.93. The van der Waals surface area contributed by atoms with Crippen molar-refractivity contribution >= 4 is 51.6 Å². The number of aromatic nitrogens is 2. The number of methoxy groups -OCH3 is 2. The first-order valence-electron chi connectivity index (χ1n) is 11.1. The third-order valence-corrected chi connectivity index (χ3v) is 6.80. The van der Waals surface area contributed by atoms with Crippen LogP contribution in [0.3, 0.4) is 0 Å². The van der Waals surface area contributed by atoms with Gasteiger partial charge in [0.15, 0.2) is 0 Å². The zero-order valence-electron chi connectivity index (χ0n) is 20.0. The number of pyridine rings is 2. The van der Waals surface area contributed by atoms with Gasteiger partial charge < -0.3 is 25.0 Å². The number of ether oxygens (including phenoxy) is 2. The number of hydrogen-bond donors (Lipinski definition) is 2. The summed E-state index contributed by atoms with van der Waals surface area (Å²) in [6.45, 7) is 5.83. The smallest absolute Gasteiger partial charge is 0.243 e. The molecule has 1 aliphatic rings. The van der Waals surface area contributed by atoms with E-state index >= 15 is 0 Å². The van der Waals surface area contributed by atoms with E-state index in [9.17, 15) is 9.59 Å². The number of hydrogen-bond acceptors (Lipinski definition) is 7. The highest BCUT2D eigenvalue weighted by molar-refractivity contribution is 6.41. The molecule has 1 aliphatic heterocycles. The van der Waals surface area contributed by atoms with Crippen LogP contribution in [0, 0.1) is 0 Å². The molecule has 2 aromatic heterocycles. The Morgan fingerprint density at radius 1 is 1.03 bits per heavy atom. The van der Waals surface area contributed by atoms with Crippen LogP contribution in [-0.2, 0) is 9.59 Å². The van der Waals surface area contributed by atoms with Crippen LogP contribution in [0.5, 0.6) is 11.5 Å². The lowest BCUT2D eigenvalue weighted by Gasteiger charge is -2.20. The molecule has 11 heteroatoms. The zero-order valence-corrected chi connectivity index (χ0v) is 21.5. The number of likely N-dealkylation sites (tertiary alicyclic amines) is 1. The third kappa shape index (κ3) is 5.03. The largest absolute Gasteiger partial charge is 0.495 e. The molecular formula is C25H25Cl2N5O4. The SMILES string of the molecule is C=CC(=O)N[C@H]1CN(C(C)=O)C[C@H]1Nc1cc2cnc(-c3c(Cl)c(OC)cc(OC)c3Cl)cc2cn1. The van der Waals surface area contributed by atoms with E-state index in [1.165, 1.54) is 27.2 Å². The lowest BCUT2D eigenvalue weighted by Crippen LogP contribution is -2.45. The Bertz CT molecular complexity index is 1320. The predicted molar refractivity (Wildman–Crippen MR) is 140 cm³/mol. The van der Waals surface area contributed by atoms with Gasteiger partial charge in [0.1, 0.15) is 17.3 Å². The first-order chi connectivity index (χ1) is 17.2. The average molecular weight is 530 g/mol. The summed E-state index contributed by atoms with van der Waals surface area (Å²) in [5.41, 5.74) is 1.03. The monoisotopic (exact) mass is 529 g/mol. The standard InChI is InChI=1S/C25H25Cl2N5O4/c1-5-22(34)31-18-12-32(13(2)33)11-17(18)30-21-7-15-9-28-16(6-14(15)10-29-21)23-24(26)19(35-3)8-20(36-4)25(23)27/h5-10,17-18H,1,11-12H2,2-4H3,(H,29,30)(H,31,34)/t17-,18+/m1/s1. The molecule has 0 spiro atoms. The van der Waals surface area contributed by atoms with Crippen LogP contribution in [0.1, 0.15) is 6.92 Å². The summed E-state index contributed by atoms with van der Waals surface area (Å²) in [6, 6.07) is 4.79. The molecule has 1 saturated heterocycles. The van der Waals surface area contributed by atoms with Gasteiger partial charge in [-0.05, 0) is 18.2 Å². The number of carbonyl (C=O) groups excluding carboxylic acids is 2. The highest BCUT2D eigenvalue weighted by Crippen LogP contribution is 2.45. The fraction of sp³-hybridized carbons (Fsp3) is 0.280. The van der Waals surface area contributed by atoms with Gasteiger partial charge in [-0.1, -0.05) is 29.8 Å². The van der Waals surface area contributed by atoms with Crippen LogP contribution >= 0.6 is 23.2 Å². The Morgan fingerprint density at radius 3 is 2.25 bits per heavy atom. The topological polar surface area (TPSA) is 106 Å². The Balaban J connectivity index is 1.64. The average Bonchev–Trinajstić information content (AvgIpc) is 3.26. The molecule has 0 unspecified atom stereocenters. The van der Waals surface area contributed by atoms with Crippen molar-refractivity contribution in [1.29, 1.82) is 0 Å². The van der Waals surface area contributed by atoms with Crippen molar-refractivity contribution < 1.29 is 19.1 Å². The van der Waals surface area contributed by atoms with Gasteiger partial charge in [-0.2, -0.15) is 0 Å². The van der Waals surface area contributed by atoms with E-state index in [1.54, 1.807) is 23.4 Å². The van der Waals surface area contributed by atoms with Crippen LogP contribution in [0.4, 0.5) is 5.82 Å². The molecule has 0 radical (unpaired) electrons. The number of anilines is 1. The highest BCUT2D eigenvalue weighted by Gasteiger charge is 2.35. The molecule has 3 aromatic rings. The third-order valence-electron chi connectivity index (χ3n) is 6.04. The fourth-order valence-electron chi connectivity index (χ4n) is 4.15. The summed E-state index contributed by atoms with van der Waals surface area (Å²) in [6.07, 6.45) is 4.61. The van der Waals surface area contributed by atoms with Crippen molar-refractivity contribution in [1.82, 2.24) is 20.2 Å². The van der Waals surface area contributed by atoms with Crippen LogP contribution in [0.15, 0.2) is 43.2 Å². The molecule has 36 heavy (non-hydrogen) atoms. The molecule has 2 amide bonds. The number of nitrogens with one attached hydrogen (secondary N) is 2. The normalized spacial score (nSPS) is 17.1. The molecule has 0 aliphatic carbocycles. The van der Waals surface area contributed by atoms with Crippen molar-refractivity contribution in [3.8, 4) is 22.8 Å². The molecule has 2 atom stereocenters. The Labute approximate surface area is 218 Å². The fourth-order valence-corrected chi connectivity index (χ4v) is 4.84. The number of halogens is 2. The van der Waals surface area contributed by atoms with Gasteiger partial charge >= 0.3 is 0 Å². The Hall–Kier alpha value is -3.56. The number of rotatable bonds is 7. The van der Waals surface area contributed by atoms with E-state index in [4.69, 9.17) is 32.7 Å². The first-order valence-corrected chi connectivity index (χ1v) is 11.8. The second-order valence-electron chi connectivity index (χ2n) is 8.26. The number of carbonyl (C=O) groups is 2. The minimum absolute atomic E-state index is 0.0631. The summed E-state index contributed by atoms with van der Waals surface area (Å²) < 4.78 is 10.7. The van der Waals surface area contributed by atoms with Crippen molar-refractivity contribution in [3.05, 3.63) is 53.3 Å². The van der Waals surface area contributed by atoms with E-state index in [1.807, 2.05) is 12.1 Å². The van der Waals surface area contributed by atoms with Crippen LogP contribution in [0.2, 0.25) is 10.0 Å². The molecule has 4 rings (SSSR count). The summed E-state index contributed by atoms with van der Waals surface area (Å²) in [5, 5.41) is 8.50. The summed E-state index contributed by atoms with van der Waals surface area (Å²) in [4.78, 5) is 34.6. The summed E-state index contributed by atoms with van der Waals surface area (Å²) in [7, 11) is 3.02. The minimum Gasteiger partial charge on any atom is -0.495 e. The maximum Gasteiger partial charge on any atom is 0.243 e. The van der Waals surface area contributed by atoms with E-state index in [2.05, 4.69) is 27.2 Å². The highest BCUT2D eigenvalue weighted by atomic mass is 35.5. The van der Waals surface area contributed by atoms with E-state index in [0.29, 0.717) is 51.7 Å². The molecule has 1 aromatic carbocycles. The van der Waals surface area contributed by atoms with Crippen LogP contribution < -0.4 is 20.1 Å². The van der Waals surface area contributed by atoms with Gasteiger partial charge in [0.05, 0.1) is 42.0 Å².